The second-order valence-electron chi connectivity index (χ2n) is 7.58. The van der Waals surface area contributed by atoms with Gasteiger partial charge in [0, 0.05) is 24.0 Å². The Labute approximate surface area is 166 Å². The normalized spacial score (nSPS) is 16.3. The zero-order chi connectivity index (χ0) is 21.0. The highest BCUT2D eigenvalue weighted by Crippen LogP contribution is 2.51. The number of halogens is 3. The average molecular weight is 423 g/mol. The molecule has 0 amide bonds. The Bertz CT molecular complexity index is 1180. The van der Waals surface area contributed by atoms with Gasteiger partial charge in [-0.1, -0.05) is 12.1 Å². The largest absolute Gasteiger partial charge is 0.416 e. The molecule has 1 fully saturated rings. The van der Waals surface area contributed by atoms with Crippen molar-refractivity contribution in [1.29, 1.82) is 0 Å². The quantitative estimate of drug-likeness (QED) is 0.678. The van der Waals surface area contributed by atoms with Crippen molar-refractivity contribution in [1.82, 2.24) is 14.5 Å². The second kappa shape index (κ2) is 6.56. The molecule has 0 aliphatic heterocycles. The van der Waals surface area contributed by atoms with Crippen molar-refractivity contribution < 1.29 is 21.6 Å². The van der Waals surface area contributed by atoms with E-state index in [2.05, 4.69) is 9.82 Å². The molecule has 0 radical (unpaired) electrons. The lowest BCUT2D eigenvalue weighted by Crippen LogP contribution is -2.29. The Morgan fingerprint density at radius 2 is 1.79 bits per heavy atom. The summed E-state index contributed by atoms with van der Waals surface area (Å²) in [5.74, 6) is -0.0430. The lowest BCUT2D eigenvalue weighted by atomic mass is 9.91. The van der Waals surface area contributed by atoms with Gasteiger partial charge >= 0.3 is 6.18 Å². The van der Waals surface area contributed by atoms with Gasteiger partial charge in [0.15, 0.2) is 0 Å². The number of aromatic nitrogens is 2. The lowest BCUT2D eigenvalue weighted by Gasteiger charge is -2.18. The molecule has 1 N–H and O–H groups in total. The molecule has 0 bridgehead atoms. The molecule has 0 saturated heterocycles. The Hall–Kier alpha value is -2.39. The molecule has 0 atom stereocenters. The van der Waals surface area contributed by atoms with Gasteiger partial charge in [-0.2, -0.15) is 18.3 Å². The predicted octanol–water partition coefficient (Wildman–Crippen LogP) is 3.84. The van der Waals surface area contributed by atoms with Crippen LogP contribution in [0, 0.1) is 0 Å². The number of sulfonamides is 1. The van der Waals surface area contributed by atoms with Crippen LogP contribution in [0.25, 0.3) is 22.0 Å². The summed E-state index contributed by atoms with van der Waals surface area (Å²) in [6.07, 6.45) is -1.13. The maximum atomic E-state index is 12.9. The first kappa shape index (κ1) is 19.9. The van der Waals surface area contributed by atoms with E-state index in [1.54, 1.807) is 11.7 Å². The van der Waals surface area contributed by atoms with Gasteiger partial charge < -0.3 is 0 Å². The van der Waals surface area contributed by atoms with Gasteiger partial charge in [-0.15, -0.1) is 0 Å². The van der Waals surface area contributed by atoms with Crippen molar-refractivity contribution in [2.75, 3.05) is 12.8 Å². The van der Waals surface area contributed by atoms with Crippen molar-refractivity contribution in [2.45, 2.75) is 24.4 Å². The van der Waals surface area contributed by atoms with Gasteiger partial charge in [-0.3, -0.25) is 4.68 Å². The minimum absolute atomic E-state index is 0.0430. The zero-order valence-electron chi connectivity index (χ0n) is 15.9. The number of aryl methyl sites for hydroxylation is 1. The molecule has 9 heteroatoms. The summed E-state index contributed by atoms with van der Waals surface area (Å²) in [6, 6.07) is 8.73. The Morgan fingerprint density at radius 1 is 1.14 bits per heavy atom. The van der Waals surface area contributed by atoms with Crippen molar-refractivity contribution >= 4 is 20.9 Å². The molecule has 0 unspecified atom stereocenters. The number of benzene rings is 2. The molecule has 2 aromatic carbocycles. The summed E-state index contributed by atoms with van der Waals surface area (Å²) >= 11 is 0. The fourth-order valence-electron chi connectivity index (χ4n) is 3.76. The maximum Gasteiger partial charge on any atom is 0.416 e. The van der Waals surface area contributed by atoms with Gasteiger partial charge in [0.1, 0.15) is 0 Å². The number of nitrogens with zero attached hydrogens (tertiary/aromatic N) is 2. The molecule has 29 heavy (non-hydrogen) atoms. The predicted molar refractivity (Wildman–Crippen MR) is 105 cm³/mol. The molecule has 4 rings (SSSR count). The first-order chi connectivity index (χ1) is 13.5. The van der Waals surface area contributed by atoms with Crippen LogP contribution in [-0.4, -0.2) is 31.0 Å². The lowest BCUT2D eigenvalue weighted by molar-refractivity contribution is -0.137. The number of alkyl halides is 3. The van der Waals surface area contributed by atoms with Crippen molar-refractivity contribution in [3.63, 3.8) is 0 Å². The van der Waals surface area contributed by atoms with E-state index >= 15 is 0 Å². The van der Waals surface area contributed by atoms with Crippen LogP contribution >= 0.6 is 0 Å². The van der Waals surface area contributed by atoms with Crippen LogP contribution in [0.1, 0.15) is 24.0 Å². The minimum atomic E-state index is -4.39. The van der Waals surface area contributed by atoms with Crippen LogP contribution in [-0.2, 0) is 28.7 Å². The fourth-order valence-corrected chi connectivity index (χ4v) is 5.07. The molecule has 1 aromatic heterocycles. The van der Waals surface area contributed by atoms with E-state index in [0.29, 0.717) is 5.56 Å². The molecule has 1 heterocycles. The van der Waals surface area contributed by atoms with E-state index in [1.165, 1.54) is 19.2 Å². The van der Waals surface area contributed by atoms with E-state index in [4.69, 9.17) is 0 Å². The van der Waals surface area contributed by atoms with Gasteiger partial charge in [-0.25, -0.2) is 13.1 Å². The third-order valence-corrected chi connectivity index (χ3v) is 7.03. The Balaban J connectivity index is 1.84. The molecule has 1 aliphatic carbocycles. The van der Waals surface area contributed by atoms with Gasteiger partial charge in [-0.05, 0) is 60.8 Å². The van der Waals surface area contributed by atoms with Crippen molar-refractivity contribution in [2.24, 2.45) is 7.05 Å². The summed E-state index contributed by atoms with van der Waals surface area (Å²) < 4.78 is 67.1. The number of nitrogens with one attached hydrogen (secondary N) is 1. The molecule has 3 aromatic rings. The molecular weight excluding hydrogens is 403 g/mol. The Kier molecular flexibility index (Phi) is 4.51. The number of rotatable bonds is 5. The molecular formula is C20H20F3N3O2S. The summed E-state index contributed by atoms with van der Waals surface area (Å²) in [5, 5.41) is 5.34. The smallest absolute Gasteiger partial charge is 0.275 e. The minimum Gasteiger partial charge on any atom is -0.275 e. The van der Waals surface area contributed by atoms with Crippen LogP contribution in [0.4, 0.5) is 13.2 Å². The van der Waals surface area contributed by atoms with Crippen LogP contribution in [0.5, 0.6) is 0 Å². The summed E-state index contributed by atoms with van der Waals surface area (Å²) in [6.45, 7) is 0. The summed E-state index contributed by atoms with van der Waals surface area (Å²) in [7, 11) is -0.261. The third-order valence-electron chi connectivity index (χ3n) is 5.47. The SMILES string of the molecule is CNS(=O)(=O)CC1(c2cc(-c3ccc(C(F)(F)F)cc3)cc3cn(C)nc23)CC1. The third kappa shape index (κ3) is 3.76. The van der Waals surface area contributed by atoms with Crippen molar-refractivity contribution in [3.8, 4) is 11.1 Å². The van der Waals surface area contributed by atoms with Crippen LogP contribution in [0.2, 0.25) is 0 Å². The van der Waals surface area contributed by atoms with E-state index in [-0.39, 0.29) is 5.75 Å². The summed E-state index contributed by atoms with van der Waals surface area (Å²) in [4.78, 5) is 0. The highest BCUT2D eigenvalue weighted by Gasteiger charge is 2.49. The fraction of sp³-hybridized carbons (Fsp3) is 0.350. The summed E-state index contributed by atoms with van der Waals surface area (Å²) in [5.41, 5.74) is 1.69. The van der Waals surface area contributed by atoms with Crippen molar-refractivity contribution in [3.05, 3.63) is 53.7 Å². The number of hydrogen-bond donors (Lipinski definition) is 1. The van der Waals surface area contributed by atoms with E-state index < -0.39 is 27.2 Å². The van der Waals surface area contributed by atoms with E-state index in [9.17, 15) is 21.6 Å². The molecule has 0 spiro atoms. The van der Waals surface area contributed by atoms with Crippen LogP contribution in [0.15, 0.2) is 42.6 Å². The monoisotopic (exact) mass is 423 g/mol. The average Bonchev–Trinajstić information content (AvgIpc) is 3.31. The standard InChI is InChI=1S/C20H20F3N3O2S/c1-24-29(27,28)12-19(7-8-19)17-10-14(9-15-11-26(2)25-18(15)17)13-3-5-16(6-4-13)20(21,22)23/h3-6,9-11,24H,7-8,12H2,1-2H3. The topological polar surface area (TPSA) is 64.0 Å². The second-order valence-corrected chi connectivity index (χ2v) is 9.51. The molecule has 5 nitrogen and oxygen atoms in total. The van der Waals surface area contributed by atoms with Gasteiger partial charge in [0.25, 0.3) is 0 Å². The zero-order valence-corrected chi connectivity index (χ0v) is 16.7. The molecule has 154 valence electrons. The highest BCUT2D eigenvalue weighted by molar-refractivity contribution is 7.89. The van der Waals surface area contributed by atoms with Gasteiger partial charge in [0.2, 0.25) is 10.0 Å². The molecule has 1 aliphatic rings. The van der Waals surface area contributed by atoms with E-state index in [1.807, 2.05) is 18.3 Å². The first-order valence-corrected chi connectivity index (χ1v) is 10.7. The molecule has 1 saturated carbocycles. The maximum absolute atomic E-state index is 12.9. The highest BCUT2D eigenvalue weighted by atomic mass is 32.2. The Morgan fingerprint density at radius 3 is 2.34 bits per heavy atom. The number of hydrogen-bond acceptors (Lipinski definition) is 3. The number of fused-ring (bicyclic) bond motifs is 1. The first-order valence-electron chi connectivity index (χ1n) is 9.10. The van der Waals surface area contributed by atoms with Gasteiger partial charge in [0.05, 0.1) is 16.8 Å². The van der Waals surface area contributed by atoms with E-state index in [0.717, 1.165) is 47.0 Å². The van der Waals surface area contributed by atoms with Crippen LogP contribution < -0.4 is 4.72 Å². The van der Waals surface area contributed by atoms with Crippen LogP contribution in [0.3, 0.4) is 0 Å².